The van der Waals surface area contributed by atoms with E-state index in [9.17, 15) is 0 Å². The van der Waals surface area contributed by atoms with E-state index in [0.29, 0.717) is 12.1 Å². The van der Waals surface area contributed by atoms with Gasteiger partial charge in [-0.2, -0.15) is 5.10 Å². The number of aromatic nitrogens is 3. The van der Waals surface area contributed by atoms with Crippen molar-refractivity contribution in [2.24, 2.45) is 5.73 Å². The van der Waals surface area contributed by atoms with Crippen LogP contribution in [-0.4, -0.2) is 33.2 Å². The van der Waals surface area contributed by atoms with Gasteiger partial charge in [0.05, 0.1) is 6.20 Å². The van der Waals surface area contributed by atoms with Crippen molar-refractivity contribution >= 4 is 11.5 Å². The minimum Gasteiger partial charge on any atom is -0.354 e. The van der Waals surface area contributed by atoms with Crippen LogP contribution in [0.15, 0.2) is 24.5 Å². The molecule has 0 radical (unpaired) electrons. The third-order valence-electron chi connectivity index (χ3n) is 3.45. The quantitative estimate of drug-likeness (QED) is 0.797. The predicted octanol–water partition coefficient (Wildman–Crippen LogP) is 1.05. The fraction of sp³-hybridized carbons (Fsp3) is 0.500. The predicted molar refractivity (Wildman–Crippen MR) is 67.0 cm³/mol. The first-order valence-corrected chi connectivity index (χ1v) is 6.06. The zero-order valence-electron chi connectivity index (χ0n) is 9.95. The molecule has 2 N–H and O–H groups in total. The SMILES string of the molecule is CC1CC(N)CCN1c1ccn2nccc2n1. The summed E-state index contributed by atoms with van der Waals surface area (Å²) in [5, 5.41) is 4.15. The lowest BCUT2D eigenvalue weighted by atomic mass is 9.99. The van der Waals surface area contributed by atoms with Crippen molar-refractivity contribution < 1.29 is 0 Å². The van der Waals surface area contributed by atoms with Crippen LogP contribution in [0.2, 0.25) is 0 Å². The Balaban J connectivity index is 1.92. The average molecular weight is 231 g/mol. The van der Waals surface area contributed by atoms with E-state index in [4.69, 9.17) is 5.73 Å². The Morgan fingerprint density at radius 2 is 2.29 bits per heavy atom. The van der Waals surface area contributed by atoms with Gasteiger partial charge in [-0.3, -0.25) is 0 Å². The second-order valence-electron chi connectivity index (χ2n) is 4.75. The molecule has 1 aliphatic rings. The van der Waals surface area contributed by atoms with Crippen molar-refractivity contribution in [2.75, 3.05) is 11.4 Å². The summed E-state index contributed by atoms with van der Waals surface area (Å²) in [6.45, 7) is 3.20. The number of nitrogens with two attached hydrogens (primary N) is 1. The average Bonchev–Trinajstić information content (AvgIpc) is 2.75. The molecule has 2 aromatic rings. The van der Waals surface area contributed by atoms with Crippen LogP contribution in [-0.2, 0) is 0 Å². The molecule has 1 aliphatic heterocycles. The summed E-state index contributed by atoms with van der Waals surface area (Å²) in [7, 11) is 0. The van der Waals surface area contributed by atoms with Crippen molar-refractivity contribution in [2.45, 2.75) is 31.8 Å². The third kappa shape index (κ3) is 1.86. The fourth-order valence-electron chi connectivity index (χ4n) is 2.51. The summed E-state index contributed by atoms with van der Waals surface area (Å²) >= 11 is 0. The second-order valence-corrected chi connectivity index (χ2v) is 4.75. The normalized spacial score (nSPS) is 25.4. The number of hydrogen-bond donors (Lipinski definition) is 1. The van der Waals surface area contributed by atoms with E-state index in [1.54, 1.807) is 10.7 Å². The highest BCUT2D eigenvalue weighted by molar-refractivity contribution is 5.48. The molecule has 2 aromatic heterocycles. The van der Waals surface area contributed by atoms with E-state index in [0.717, 1.165) is 30.9 Å². The molecule has 0 aromatic carbocycles. The first kappa shape index (κ1) is 10.5. The second kappa shape index (κ2) is 4.00. The van der Waals surface area contributed by atoms with Gasteiger partial charge in [-0.1, -0.05) is 0 Å². The molecule has 1 fully saturated rings. The molecule has 0 aliphatic carbocycles. The summed E-state index contributed by atoms with van der Waals surface area (Å²) in [5.74, 6) is 1.03. The topological polar surface area (TPSA) is 59.5 Å². The molecule has 0 amide bonds. The molecule has 0 spiro atoms. The molecular weight excluding hydrogens is 214 g/mol. The van der Waals surface area contributed by atoms with Gasteiger partial charge in [-0.25, -0.2) is 9.50 Å². The van der Waals surface area contributed by atoms with Crippen molar-refractivity contribution in [3.05, 3.63) is 24.5 Å². The molecule has 2 unspecified atom stereocenters. The zero-order valence-corrected chi connectivity index (χ0v) is 9.95. The lowest BCUT2D eigenvalue weighted by Crippen LogP contribution is -2.46. The summed E-state index contributed by atoms with van der Waals surface area (Å²) in [4.78, 5) is 6.95. The molecule has 17 heavy (non-hydrogen) atoms. The molecule has 3 rings (SSSR count). The Hall–Kier alpha value is -1.62. The molecule has 2 atom stereocenters. The maximum absolute atomic E-state index is 5.98. The number of piperidine rings is 1. The van der Waals surface area contributed by atoms with E-state index >= 15 is 0 Å². The highest BCUT2D eigenvalue weighted by Crippen LogP contribution is 2.22. The highest BCUT2D eigenvalue weighted by Gasteiger charge is 2.24. The minimum absolute atomic E-state index is 0.333. The fourth-order valence-corrected chi connectivity index (χ4v) is 2.51. The van der Waals surface area contributed by atoms with Crippen LogP contribution in [0.5, 0.6) is 0 Å². The summed E-state index contributed by atoms with van der Waals surface area (Å²) < 4.78 is 1.78. The van der Waals surface area contributed by atoms with Crippen LogP contribution in [0.1, 0.15) is 19.8 Å². The summed E-state index contributed by atoms with van der Waals surface area (Å²) in [6.07, 6.45) is 5.79. The van der Waals surface area contributed by atoms with Crippen molar-refractivity contribution in [1.82, 2.24) is 14.6 Å². The van der Waals surface area contributed by atoms with Gasteiger partial charge < -0.3 is 10.6 Å². The van der Waals surface area contributed by atoms with E-state index in [1.807, 2.05) is 18.3 Å². The van der Waals surface area contributed by atoms with Gasteiger partial charge in [-0.15, -0.1) is 0 Å². The largest absolute Gasteiger partial charge is 0.354 e. The minimum atomic E-state index is 0.333. The Labute approximate surface area is 100 Å². The van der Waals surface area contributed by atoms with Crippen LogP contribution in [0, 0.1) is 0 Å². The maximum atomic E-state index is 5.98. The van der Waals surface area contributed by atoms with Crippen LogP contribution < -0.4 is 10.6 Å². The lowest BCUT2D eigenvalue weighted by Gasteiger charge is -2.37. The van der Waals surface area contributed by atoms with E-state index in [1.165, 1.54) is 0 Å². The Kier molecular flexibility index (Phi) is 2.48. The standard InChI is InChI=1S/C12H17N5/c1-9-8-10(13)3-6-16(9)11-4-7-17-12(15-11)2-5-14-17/h2,4-5,7,9-10H,3,6,8,13H2,1H3. The van der Waals surface area contributed by atoms with Crippen molar-refractivity contribution in [1.29, 1.82) is 0 Å². The van der Waals surface area contributed by atoms with Crippen molar-refractivity contribution in [3.63, 3.8) is 0 Å². The molecule has 0 saturated carbocycles. The summed E-state index contributed by atoms with van der Waals surface area (Å²) in [5.41, 5.74) is 6.87. The zero-order chi connectivity index (χ0) is 11.8. The molecule has 90 valence electrons. The van der Waals surface area contributed by atoms with Crippen LogP contribution in [0.4, 0.5) is 5.82 Å². The van der Waals surface area contributed by atoms with Crippen molar-refractivity contribution in [3.8, 4) is 0 Å². The van der Waals surface area contributed by atoms with E-state index in [-0.39, 0.29) is 0 Å². The summed E-state index contributed by atoms with van der Waals surface area (Å²) in [6, 6.07) is 4.73. The number of rotatable bonds is 1. The molecule has 5 nitrogen and oxygen atoms in total. The maximum Gasteiger partial charge on any atom is 0.157 e. The number of fused-ring (bicyclic) bond motifs is 1. The highest BCUT2D eigenvalue weighted by atomic mass is 15.3. The van der Waals surface area contributed by atoms with Gasteiger partial charge in [0.2, 0.25) is 0 Å². The molecule has 5 heteroatoms. The van der Waals surface area contributed by atoms with Crippen LogP contribution >= 0.6 is 0 Å². The van der Waals surface area contributed by atoms with E-state index < -0.39 is 0 Å². The smallest absolute Gasteiger partial charge is 0.157 e. The number of nitrogens with zero attached hydrogens (tertiary/aromatic N) is 4. The number of hydrogen-bond acceptors (Lipinski definition) is 4. The third-order valence-corrected chi connectivity index (χ3v) is 3.45. The molecule has 0 bridgehead atoms. The molecule has 1 saturated heterocycles. The lowest BCUT2D eigenvalue weighted by molar-refractivity contribution is 0.427. The molecule has 3 heterocycles. The monoisotopic (exact) mass is 231 g/mol. The van der Waals surface area contributed by atoms with Crippen LogP contribution in [0.3, 0.4) is 0 Å². The van der Waals surface area contributed by atoms with Gasteiger partial charge in [-0.05, 0) is 25.8 Å². The van der Waals surface area contributed by atoms with Crippen LogP contribution in [0.25, 0.3) is 5.65 Å². The van der Waals surface area contributed by atoms with Gasteiger partial charge in [0.15, 0.2) is 5.65 Å². The van der Waals surface area contributed by atoms with Gasteiger partial charge in [0.25, 0.3) is 0 Å². The Morgan fingerprint density at radius 1 is 1.41 bits per heavy atom. The van der Waals surface area contributed by atoms with Gasteiger partial charge in [0.1, 0.15) is 5.82 Å². The van der Waals surface area contributed by atoms with Gasteiger partial charge >= 0.3 is 0 Å². The Bertz CT molecular complexity index is 520. The first-order chi connectivity index (χ1) is 8.24. The Morgan fingerprint density at radius 3 is 3.12 bits per heavy atom. The van der Waals surface area contributed by atoms with Gasteiger partial charge in [0, 0.05) is 30.9 Å². The molecular formula is C12H17N5. The van der Waals surface area contributed by atoms with E-state index in [2.05, 4.69) is 21.9 Å². The first-order valence-electron chi connectivity index (χ1n) is 6.06. The number of anilines is 1.